The minimum atomic E-state index is -1.07. The Morgan fingerprint density at radius 3 is 3.00 bits per heavy atom. The smallest absolute Gasteiger partial charge is 0.492 e. The Labute approximate surface area is 92.8 Å². The summed E-state index contributed by atoms with van der Waals surface area (Å²) in [6.45, 7) is 0. The van der Waals surface area contributed by atoms with Gasteiger partial charge in [-0.2, -0.15) is 0 Å². The van der Waals surface area contributed by atoms with Crippen molar-refractivity contribution in [3.63, 3.8) is 0 Å². The molecule has 1 aliphatic heterocycles. The largest absolute Gasteiger partial charge is 0.497 e. The summed E-state index contributed by atoms with van der Waals surface area (Å²) in [7, 11) is 0.452. The molecule has 0 aromatic heterocycles. The number of carbonyl (C=O) groups is 1. The molecule has 1 aromatic rings. The summed E-state index contributed by atoms with van der Waals surface area (Å²) in [6, 6.07) is 5.09. The fourth-order valence-corrected chi connectivity index (χ4v) is 1.81. The number of carboxylic acids is 1. The van der Waals surface area contributed by atoms with Gasteiger partial charge < -0.3 is 19.5 Å². The van der Waals surface area contributed by atoms with Gasteiger partial charge in [0.1, 0.15) is 5.75 Å². The maximum absolute atomic E-state index is 10.6. The van der Waals surface area contributed by atoms with Gasteiger partial charge in [0.25, 0.3) is 0 Å². The molecule has 2 rings (SSSR count). The Kier molecular flexibility index (Phi) is 2.85. The first-order valence-corrected chi connectivity index (χ1v) is 4.85. The first-order valence-electron chi connectivity index (χ1n) is 4.85. The zero-order valence-corrected chi connectivity index (χ0v) is 8.71. The average molecular weight is 222 g/mol. The predicted molar refractivity (Wildman–Crippen MR) is 56.7 cm³/mol. The molecule has 0 fully saturated rings. The number of hydrogen-bond donors (Lipinski definition) is 2. The number of carboxylic acid groups (broad SMARTS) is 1. The van der Waals surface area contributed by atoms with E-state index < -0.39 is 19.2 Å². The first-order chi connectivity index (χ1) is 7.61. The molecule has 0 spiro atoms. The van der Waals surface area contributed by atoms with Gasteiger partial charge in [-0.15, -0.1) is 0 Å². The van der Waals surface area contributed by atoms with E-state index in [9.17, 15) is 9.82 Å². The van der Waals surface area contributed by atoms with Gasteiger partial charge in [0.2, 0.25) is 0 Å². The Bertz CT molecular complexity index is 420. The second-order valence-corrected chi connectivity index (χ2v) is 3.57. The molecule has 0 radical (unpaired) electrons. The number of fused-ring (bicyclic) bond motifs is 1. The van der Waals surface area contributed by atoms with Crippen molar-refractivity contribution in [2.24, 2.45) is 0 Å². The summed E-state index contributed by atoms with van der Waals surface area (Å²) in [5.41, 5.74) is 1.28. The van der Waals surface area contributed by atoms with E-state index in [1.54, 1.807) is 18.2 Å². The average Bonchev–Trinajstić information content (AvgIpc) is 2.54. The quantitative estimate of drug-likeness (QED) is 0.700. The molecule has 84 valence electrons. The van der Waals surface area contributed by atoms with Gasteiger partial charge in [-0.3, -0.25) is 4.79 Å². The third-order valence-electron chi connectivity index (χ3n) is 2.56. The molecule has 6 heteroatoms. The molecule has 1 atom stereocenters. The highest BCUT2D eigenvalue weighted by Crippen LogP contribution is 2.28. The van der Waals surface area contributed by atoms with Gasteiger partial charge in [0.15, 0.2) is 0 Å². The van der Waals surface area contributed by atoms with Crippen molar-refractivity contribution in [2.75, 3.05) is 7.11 Å². The topological polar surface area (TPSA) is 76.0 Å². The number of methoxy groups -OCH3 is 1. The summed E-state index contributed by atoms with van der Waals surface area (Å²) in [6.07, 6.45) is -0.746. The molecule has 0 saturated carbocycles. The van der Waals surface area contributed by atoms with Gasteiger partial charge in [-0.25, -0.2) is 0 Å². The standard InChI is InChI=1S/C10H11BO5/c1-15-6-2-3-7-8(4-6)11(14)16-9(7)5-10(12)13/h2-4,9,14H,5H2,1H3,(H,12,13)/t9-/m1/s1. The molecule has 0 unspecified atom stereocenters. The molecule has 16 heavy (non-hydrogen) atoms. The fraction of sp³-hybridized carbons (Fsp3) is 0.300. The van der Waals surface area contributed by atoms with Crippen LogP contribution in [0.25, 0.3) is 0 Å². The molecular formula is C10H11BO5. The van der Waals surface area contributed by atoms with Crippen LogP contribution in [0, 0.1) is 0 Å². The van der Waals surface area contributed by atoms with Crippen molar-refractivity contribution < 1.29 is 24.3 Å². The molecule has 2 N–H and O–H groups in total. The Balaban J connectivity index is 2.32. The van der Waals surface area contributed by atoms with Crippen LogP contribution in [0.4, 0.5) is 0 Å². The third-order valence-corrected chi connectivity index (χ3v) is 2.56. The van der Waals surface area contributed by atoms with Gasteiger partial charge in [-0.05, 0) is 23.2 Å². The van der Waals surface area contributed by atoms with Crippen LogP contribution in [-0.2, 0) is 9.45 Å². The Hall–Kier alpha value is -1.53. The molecule has 1 heterocycles. The van der Waals surface area contributed by atoms with Gasteiger partial charge in [-0.1, -0.05) is 6.07 Å². The van der Waals surface area contributed by atoms with Crippen LogP contribution >= 0.6 is 0 Å². The molecule has 0 saturated heterocycles. The second kappa shape index (κ2) is 4.15. The minimum Gasteiger partial charge on any atom is -0.497 e. The normalized spacial score (nSPS) is 18.4. The van der Waals surface area contributed by atoms with Crippen LogP contribution in [0.5, 0.6) is 5.75 Å². The first kappa shape index (κ1) is 11.0. The van der Waals surface area contributed by atoms with Crippen LogP contribution in [0.1, 0.15) is 18.1 Å². The maximum atomic E-state index is 10.6. The van der Waals surface area contributed by atoms with Crippen LogP contribution < -0.4 is 10.2 Å². The van der Waals surface area contributed by atoms with E-state index in [4.69, 9.17) is 14.5 Å². The fourth-order valence-electron chi connectivity index (χ4n) is 1.81. The number of ether oxygens (including phenoxy) is 1. The van der Waals surface area contributed by atoms with Crippen LogP contribution in [0.15, 0.2) is 18.2 Å². The van der Waals surface area contributed by atoms with Crippen molar-refractivity contribution in [3.05, 3.63) is 23.8 Å². The lowest BCUT2D eigenvalue weighted by Gasteiger charge is -2.09. The van der Waals surface area contributed by atoms with E-state index >= 15 is 0 Å². The zero-order chi connectivity index (χ0) is 11.7. The SMILES string of the molecule is COc1ccc2c(c1)B(O)O[C@@H]2CC(=O)O. The number of aliphatic carboxylic acids is 1. The van der Waals surface area contributed by atoms with Crippen LogP contribution in [0.2, 0.25) is 0 Å². The molecule has 0 aliphatic carbocycles. The molecule has 1 aromatic carbocycles. The van der Waals surface area contributed by atoms with Crippen LogP contribution in [-0.4, -0.2) is 30.3 Å². The van der Waals surface area contributed by atoms with E-state index in [0.717, 1.165) is 0 Å². The van der Waals surface area contributed by atoms with Crippen LogP contribution in [0.3, 0.4) is 0 Å². The van der Waals surface area contributed by atoms with Crippen molar-refractivity contribution in [1.29, 1.82) is 0 Å². The molecule has 0 bridgehead atoms. The third kappa shape index (κ3) is 1.89. The lowest BCUT2D eigenvalue weighted by Crippen LogP contribution is -2.28. The van der Waals surface area contributed by atoms with E-state index in [2.05, 4.69) is 0 Å². The lowest BCUT2D eigenvalue weighted by molar-refractivity contribution is -0.138. The molecular weight excluding hydrogens is 211 g/mol. The van der Waals surface area contributed by atoms with Gasteiger partial charge in [0, 0.05) is 0 Å². The Morgan fingerprint density at radius 2 is 2.38 bits per heavy atom. The maximum Gasteiger partial charge on any atom is 0.492 e. The summed E-state index contributed by atoms with van der Waals surface area (Å²) in [5, 5.41) is 18.3. The molecule has 5 nitrogen and oxygen atoms in total. The summed E-state index contributed by atoms with van der Waals surface area (Å²) < 4.78 is 10.2. The van der Waals surface area contributed by atoms with Gasteiger partial charge in [0.05, 0.1) is 19.6 Å². The van der Waals surface area contributed by atoms with Crippen molar-refractivity contribution in [1.82, 2.24) is 0 Å². The van der Waals surface area contributed by atoms with E-state index in [1.165, 1.54) is 7.11 Å². The highest BCUT2D eigenvalue weighted by atomic mass is 16.5. The van der Waals surface area contributed by atoms with Crippen molar-refractivity contribution in [3.8, 4) is 5.75 Å². The molecule has 0 amide bonds. The number of benzene rings is 1. The predicted octanol–water partition coefficient (Wildman–Crippen LogP) is -0.0713. The highest BCUT2D eigenvalue weighted by Gasteiger charge is 2.36. The monoisotopic (exact) mass is 222 g/mol. The summed E-state index contributed by atoms with van der Waals surface area (Å²) in [5.74, 6) is -0.349. The highest BCUT2D eigenvalue weighted by molar-refractivity contribution is 6.61. The molecule has 1 aliphatic rings. The van der Waals surface area contributed by atoms with Gasteiger partial charge >= 0.3 is 13.1 Å². The van der Waals surface area contributed by atoms with E-state index in [-0.39, 0.29) is 6.42 Å². The number of hydrogen-bond acceptors (Lipinski definition) is 4. The summed E-state index contributed by atoms with van der Waals surface area (Å²) >= 11 is 0. The second-order valence-electron chi connectivity index (χ2n) is 3.57. The van der Waals surface area contributed by atoms with Crippen molar-refractivity contribution in [2.45, 2.75) is 12.5 Å². The minimum absolute atomic E-state index is 0.156. The summed E-state index contributed by atoms with van der Waals surface area (Å²) in [4.78, 5) is 10.6. The zero-order valence-electron chi connectivity index (χ0n) is 8.71. The Morgan fingerprint density at radius 1 is 1.62 bits per heavy atom. The van der Waals surface area contributed by atoms with E-state index in [0.29, 0.717) is 16.8 Å². The van der Waals surface area contributed by atoms with Crippen molar-refractivity contribution >= 4 is 18.6 Å². The lowest BCUT2D eigenvalue weighted by atomic mass is 9.79. The number of rotatable bonds is 3. The van der Waals surface area contributed by atoms with E-state index in [1.807, 2.05) is 0 Å².